The Morgan fingerprint density at radius 2 is 2.14 bits per heavy atom. The van der Waals surface area contributed by atoms with E-state index in [1.807, 2.05) is 6.20 Å². The summed E-state index contributed by atoms with van der Waals surface area (Å²) in [6, 6.07) is 2.07. The first-order chi connectivity index (χ1) is 14.2. The highest BCUT2D eigenvalue weighted by Gasteiger charge is 2.14. The van der Waals surface area contributed by atoms with E-state index in [9.17, 15) is 4.79 Å². The van der Waals surface area contributed by atoms with Crippen molar-refractivity contribution < 1.29 is 9.53 Å². The van der Waals surface area contributed by atoms with Crippen LogP contribution in [0.2, 0.25) is 0 Å². The Labute approximate surface area is 170 Å². The molecule has 0 radical (unpaired) electrons. The largest absolute Gasteiger partial charge is 0.465 e. The van der Waals surface area contributed by atoms with Gasteiger partial charge in [0.05, 0.1) is 18.5 Å². The molecule has 29 heavy (non-hydrogen) atoms. The summed E-state index contributed by atoms with van der Waals surface area (Å²) in [7, 11) is 0. The summed E-state index contributed by atoms with van der Waals surface area (Å²) in [4.78, 5) is 20.7. The van der Waals surface area contributed by atoms with Gasteiger partial charge in [0.1, 0.15) is 12.2 Å². The lowest BCUT2D eigenvalue weighted by atomic mass is 9.87. The number of aryl methyl sites for hydroxylation is 1. The van der Waals surface area contributed by atoms with E-state index in [1.165, 1.54) is 43.2 Å². The van der Waals surface area contributed by atoms with Crippen LogP contribution in [0.1, 0.15) is 45.4 Å². The Morgan fingerprint density at radius 1 is 1.28 bits per heavy atom. The average Bonchev–Trinajstić information content (AvgIpc) is 3.34. The number of nitrogens with one attached hydrogen (secondary N) is 1. The number of ether oxygens (including phenoxy) is 1. The number of carbonyl (C=O) groups excluding carboxylic acids is 1. The zero-order chi connectivity index (χ0) is 20.1. The monoisotopic (exact) mass is 396 g/mol. The van der Waals surface area contributed by atoms with E-state index in [2.05, 4.69) is 32.2 Å². The topological polar surface area (TPSA) is 86.9 Å². The molecule has 0 amide bonds. The standard InChI is InChI=1S/C21H28N6O2/c1-2-29-19(28)15-27-14-18(13-23-27)24-21-22-12-17-9-11-26(20(17)25-21)10-8-16-6-4-3-5-7-16/h9,11-14,16H,2-8,10,15H2,1H3,(H,22,24,25). The summed E-state index contributed by atoms with van der Waals surface area (Å²) >= 11 is 0. The predicted octanol–water partition coefficient (Wildman–Crippen LogP) is 3.90. The average molecular weight is 396 g/mol. The molecule has 4 rings (SSSR count). The summed E-state index contributed by atoms with van der Waals surface area (Å²) in [5.41, 5.74) is 1.67. The second-order valence-corrected chi connectivity index (χ2v) is 7.63. The third kappa shape index (κ3) is 4.93. The predicted molar refractivity (Wildman–Crippen MR) is 111 cm³/mol. The number of hydrogen-bond donors (Lipinski definition) is 1. The molecule has 0 bridgehead atoms. The molecule has 1 saturated carbocycles. The Balaban J connectivity index is 1.42. The highest BCUT2D eigenvalue weighted by Crippen LogP contribution is 2.27. The minimum atomic E-state index is -0.310. The molecular formula is C21H28N6O2. The minimum absolute atomic E-state index is 0.0828. The maximum Gasteiger partial charge on any atom is 0.327 e. The van der Waals surface area contributed by atoms with Crippen molar-refractivity contribution in [3.8, 4) is 0 Å². The van der Waals surface area contributed by atoms with E-state index >= 15 is 0 Å². The lowest BCUT2D eigenvalue weighted by molar-refractivity contribution is -0.144. The normalized spacial score (nSPS) is 14.9. The molecule has 8 nitrogen and oxygen atoms in total. The van der Waals surface area contributed by atoms with Crippen molar-refractivity contribution in [2.75, 3.05) is 11.9 Å². The van der Waals surface area contributed by atoms with Gasteiger partial charge >= 0.3 is 5.97 Å². The van der Waals surface area contributed by atoms with Gasteiger partial charge < -0.3 is 14.6 Å². The molecule has 0 aliphatic heterocycles. The molecule has 0 spiro atoms. The van der Waals surface area contributed by atoms with Gasteiger partial charge in [0.2, 0.25) is 5.95 Å². The molecule has 0 unspecified atom stereocenters. The minimum Gasteiger partial charge on any atom is -0.465 e. The van der Waals surface area contributed by atoms with Crippen LogP contribution in [0, 0.1) is 5.92 Å². The van der Waals surface area contributed by atoms with Crippen LogP contribution in [0.15, 0.2) is 30.9 Å². The molecule has 1 aliphatic rings. The molecule has 3 aromatic rings. The molecule has 1 aliphatic carbocycles. The van der Waals surface area contributed by atoms with Crippen molar-refractivity contribution in [3.63, 3.8) is 0 Å². The van der Waals surface area contributed by atoms with E-state index in [1.54, 1.807) is 19.3 Å². The quantitative estimate of drug-likeness (QED) is 0.581. The first-order valence-electron chi connectivity index (χ1n) is 10.5. The Bertz CT molecular complexity index is 957. The summed E-state index contributed by atoms with van der Waals surface area (Å²) < 4.78 is 8.70. The number of nitrogens with zero attached hydrogens (tertiary/aromatic N) is 5. The third-order valence-corrected chi connectivity index (χ3v) is 5.49. The lowest BCUT2D eigenvalue weighted by Gasteiger charge is -2.21. The first-order valence-corrected chi connectivity index (χ1v) is 10.5. The molecule has 0 saturated heterocycles. The molecule has 154 valence electrons. The number of esters is 1. The zero-order valence-electron chi connectivity index (χ0n) is 16.9. The molecule has 1 N–H and O–H groups in total. The van der Waals surface area contributed by atoms with Gasteiger partial charge in [-0.25, -0.2) is 4.98 Å². The van der Waals surface area contributed by atoms with Crippen molar-refractivity contribution in [1.29, 1.82) is 0 Å². The maximum atomic E-state index is 11.6. The zero-order valence-corrected chi connectivity index (χ0v) is 16.9. The second-order valence-electron chi connectivity index (χ2n) is 7.63. The van der Waals surface area contributed by atoms with Crippen molar-refractivity contribution in [2.45, 2.75) is 58.5 Å². The number of anilines is 2. The Kier molecular flexibility index (Phi) is 6.07. The van der Waals surface area contributed by atoms with Crippen LogP contribution in [0.5, 0.6) is 0 Å². The molecule has 3 heterocycles. The van der Waals surface area contributed by atoms with Gasteiger partial charge in [-0.05, 0) is 25.3 Å². The van der Waals surface area contributed by atoms with E-state index in [0.717, 1.165) is 29.2 Å². The van der Waals surface area contributed by atoms with Crippen LogP contribution in [0.4, 0.5) is 11.6 Å². The number of hydrogen-bond acceptors (Lipinski definition) is 6. The van der Waals surface area contributed by atoms with Crippen molar-refractivity contribution in [3.05, 3.63) is 30.9 Å². The highest BCUT2D eigenvalue weighted by molar-refractivity contribution is 5.76. The van der Waals surface area contributed by atoms with E-state index in [-0.39, 0.29) is 12.5 Å². The van der Waals surface area contributed by atoms with Crippen molar-refractivity contribution in [1.82, 2.24) is 24.3 Å². The van der Waals surface area contributed by atoms with Crippen LogP contribution in [-0.2, 0) is 22.6 Å². The van der Waals surface area contributed by atoms with Crippen molar-refractivity contribution in [2.24, 2.45) is 5.92 Å². The summed E-state index contributed by atoms with van der Waals surface area (Å²) in [5, 5.41) is 8.39. The fourth-order valence-electron chi connectivity index (χ4n) is 3.99. The van der Waals surface area contributed by atoms with Crippen molar-refractivity contribution >= 4 is 28.6 Å². The summed E-state index contributed by atoms with van der Waals surface area (Å²) in [5.74, 6) is 1.05. The van der Waals surface area contributed by atoms with Crippen LogP contribution in [0.3, 0.4) is 0 Å². The second kappa shape index (κ2) is 9.07. The van der Waals surface area contributed by atoms with Gasteiger partial charge in [-0.1, -0.05) is 32.1 Å². The number of fused-ring (bicyclic) bond motifs is 1. The van der Waals surface area contributed by atoms with Gasteiger partial charge in [-0.3, -0.25) is 9.48 Å². The highest BCUT2D eigenvalue weighted by atomic mass is 16.5. The lowest BCUT2D eigenvalue weighted by Crippen LogP contribution is -2.13. The van der Waals surface area contributed by atoms with Gasteiger partial charge in [-0.15, -0.1) is 0 Å². The third-order valence-electron chi connectivity index (χ3n) is 5.49. The molecular weight excluding hydrogens is 368 g/mol. The van der Waals surface area contributed by atoms with E-state index < -0.39 is 0 Å². The van der Waals surface area contributed by atoms with Gasteiger partial charge in [0.15, 0.2) is 0 Å². The van der Waals surface area contributed by atoms with Crippen LogP contribution >= 0.6 is 0 Å². The number of aromatic nitrogens is 5. The summed E-state index contributed by atoms with van der Waals surface area (Å²) in [6.45, 7) is 3.22. The number of carbonyl (C=O) groups is 1. The Morgan fingerprint density at radius 3 is 2.97 bits per heavy atom. The van der Waals surface area contributed by atoms with Gasteiger partial charge in [0.25, 0.3) is 0 Å². The van der Waals surface area contributed by atoms with Crippen LogP contribution < -0.4 is 5.32 Å². The van der Waals surface area contributed by atoms with Crippen LogP contribution in [0.25, 0.3) is 11.0 Å². The Hall–Kier alpha value is -2.90. The first kappa shape index (κ1) is 19.4. The number of rotatable bonds is 8. The molecule has 0 atom stereocenters. The smallest absolute Gasteiger partial charge is 0.327 e. The maximum absolute atomic E-state index is 11.6. The van der Waals surface area contributed by atoms with E-state index in [0.29, 0.717) is 12.6 Å². The SMILES string of the molecule is CCOC(=O)Cn1cc(Nc2ncc3ccn(CCC4CCCCC4)c3n2)cn1. The molecule has 0 aromatic carbocycles. The van der Waals surface area contributed by atoms with Crippen LogP contribution in [-0.4, -0.2) is 36.9 Å². The fourth-order valence-corrected chi connectivity index (χ4v) is 3.99. The molecule has 1 fully saturated rings. The molecule has 8 heteroatoms. The van der Waals surface area contributed by atoms with Gasteiger partial charge in [-0.2, -0.15) is 10.1 Å². The van der Waals surface area contributed by atoms with Gasteiger partial charge in [0, 0.05) is 30.5 Å². The fraction of sp³-hybridized carbons (Fsp3) is 0.524. The molecule has 3 aromatic heterocycles. The van der Waals surface area contributed by atoms with E-state index in [4.69, 9.17) is 9.72 Å². The summed E-state index contributed by atoms with van der Waals surface area (Å²) in [6.07, 6.45) is 15.4.